The quantitative estimate of drug-likeness (QED) is 0.0608. The van der Waals surface area contributed by atoms with Crippen molar-refractivity contribution in [3.05, 3.63) is 113 Å². The van der Waals surface area contributed by atoms with Gasteiger partial charge in [-0.1, -0.05) is 13.0 Å². The Kier molecular flexibility index (Phi) is 15.1. The van der Waals surface area contributed by atoms with Crippen LogP contribution in [0.25, 0.3) is 5.69 Å². The lowest BCUT2D eigenvalue weighted by Crippen LogP contribution is -2.46. The molecule has 0 saturated carbocycles. The molecule has 344 valence electrons. The highest BCUT2D eigenvalue weighted by Crippen LogP contribution is 2.42. The van der Waals surface area contributed by atoms with E-state index in [0.29, 0.717) is 37.5 Å². The first-order valence-electron chi connectivity index (χ1n) is 20.8. The fraction of sp³-hybridized carbons (Fsp3) is 0.452. The minimum absolute atomic E-state index is 0.0421. The first kappa shape index (κ1) is 46.3. The van der Waals surface area contributed by atoms with Crippen molar-refractivity contribution in [3.63, 3.8) is 0 Å². The normalized spacial score (nSPS) is 18.8. The van der Waals surface area contributed by atoms with Crippen molar-refractivity contribution in [2.45, 2.75) is 51.0 Å². The molecular formula is C42H51F2N8O11P. The Morgan fingerprint density at radius 3 is 2.23 bits per heavy atom. The van der Waals surface area contributed by atoms with Crippen molar-refractivity contribution in [2.24, 2.45) is 5.92 Å². The monoisotopic (exact) mass is 912 g/mol. The van der Waals surface area contributed by atoms with Gasteiger partial charge in [0.15, 0.2) is 0 Å². The van der Waals surface area contributed by atoms with Crippen LogP contribution in [0.3, 0.4) is 0 Å². The molecule has 0 amide bonds. The van der Waals surface area contributed by atoms with E-state index in [-0.39, 0.29) is 44.5 Å². The van der Waals surface area contributed by atoms with E-state index in [1.54, 1.807) is 17.9 Å². The summed E-state index contributed by atoms with van der Waals surface area (Å²) in [5.41, 5.74) is 1.54. The Labute approximate surface area is 367 Å². The molecule has 2 aliphatic heterocycles. The molecule has 19 nitrogen and oxygen atoms in total. The Balaban J connectivity index is 0.861. The average molecular weight is 913 g/mol. The number of halogens is 2. The molecule has 2 fully saturated rings. The van der Waals surface area contributed by atoms with Crippen molar-refractivity contribution in [3.8, 4) is 11.4 Å². The molecule has 5 aromatic rings. The average Bonchev–Trinajstić information content (AvgIpc) is 4.04. The highest BCUT2D eigenvalue weighted by Gasteiger charge is 2.44. The minimum Gasteiger partial charge on any atom is -0.493 e. The summed E-state index contributed by atoms with van der Waals surface area (Å²) in [6.45, 7) is 6.91. The van der Waals surface area contributed by atoms with Crippen LogP contribution in [0, 0.1) is 17.6 Å². The van der Waals surface area contributed by atoms with Crippen molar-refractivity contribution in [1.29, 1.82) is 0 Å². The molecule has 0 radical (unpaired) electrons. The van der Waals surface area contributed by atoms with E-state index < -0.39 is 49.0 Å². The summed E-state index contributed by atoms with van der Waals surface area (Å²) in [5, 5.41) is 8.50. The molecule has 2 aliphatic rings. The van der Waals surface area contributed by atoms with E-state index in [1.807, 2.05) is 55.5 Å². The number of rotatable bonds is 20. The van der Waals surface area contributed by atoms with Gasteiger partial charge in [-0.3, -0.25) is 4.52 Å². The zero-order valence-corrected chi connectivity index (χ0v) is 36.3. The second-order valence-electron chi connectivity index (χ2n) is 15.4. The summed E-state index contributed by atoms with van der Waals surface area (Å²) in [6, 6.07) is 18.6. The number of carbonyl (C=O) groups excluding carboxylic acids is 1. The van der Waals surface area contributed by atoms with E-state index >= 15 is 4.39 Å². The molecule has 64 heavy (non-hydrogen) atoms. The van der Waals surface area contributed by atoms with Crippen LogP contribution < -0.4 is 20.2 Å². The number of benzene rings is 3. The SMILES string of the molecule is CC[C@@H]([C@H](C)OC(=O)OCCOCCOP(=O)(O)O)n1ncn(-c2ccc(N3CCN(c4ccc(OC[C@@H]5CO[C@@](Cn6cncn6)(c6ccc(F)cc6F)C5)cc4)CC3)cc2)c1=O. The van der Waals surface area contributed by atoms with Crippen LogP contribution in [0.5, 0.6) is 5.75 Å². The van der Waals surface area contributed by atoms with Crippen LogP contribution in [0.2, 0.25) is 0 Å². The van der Waals surface area contributed by atoms with Crippen LogP contribution in [0.1, 0.15) is 38.3 Å². The van der Waals surface area contributed by atoms with Crippen molar-refractivity contribution >= 4 is 25.4 Å². The molecular weight excluding hydrogens is 861 g/mol. The number of anilines is 2. The minimum atomic E-state index is -4.58. The Bertz CT molecular complexity index is 2390. The molecule has 2 N–H and O–H groups in total. The zero-order valence-electron chi connectivity index (χ0n) is 35.4. The van der Waals surface area contributed by atoms with E-state index in [0.717, 1.165) is 43.6 Å². The summed E-state index contributed by atoms with van der Waals surface area (Å²) >= 11 is 0. The molecule has 2 saturated heterocycles. The summed E-state index contributed by atoms with van der Waals surface area (Å²) in [5.74, 6) is -0.663. The number of hydrogen-bond donors (Lipinski definition) is 2. The maximum absolute atomic E-state index is 15.0. The Morgan fingerprint density at radius 1 is 0.922 bits per heavy atom. The van der Waals surface area contributed by atoms with Gasteiger partial charge >= 0.3 is 19.7 Å². The van der Waals surface area contributed by atoms with Crippen LogP contribution in [-0.2, 0) is 40.2 Å². The predicted octanol–water partition coefficient (Wildman–Crippen LogP) is 4.86. The summed E-state index contributed by atoms with van der Waals surface area (Å²) in [4.78, 5) is 51.7. The molecule has 2 aromatic heterocycles. The third-order valence-electron chi connectivity index (χ3n) is 11.2. The molecule has 0 bridgehead atoms. The fourth-order valence-electron chi connectivity index (χ4n) is 7.99. The van der Waals surface area contributed by atoms with Gasteiger partial charge in [0, 0.05) is 55.1 Å². The van der Waals surface area contributed by atoms with E-state index in [2.05, 4.69) is 29.5 Å². The standard InChI is InChI=1S/C42H51F2N8O11P/c1-3-39(30(2)63-41(54)59-20-18-58-19-21-62-64(55,56)57)52-40(53)51(29-47-52)35-7-5-33(6-8-35)48-14-16-49(17-15-48)34-9-11-36(12-10-34)60-24-31-23-42(61-25-31,26-50-28-45-27-46-50)37-13-4-32(43)22-38(37)44/h4-13,22,27-31,39H,3,14-21,23-26H2,1-2H3,(H2,55,56,57)/t30-,31+,39-,42-/m0/s1. The first-order chi connectivity index (χ1) is 30.8. The largest absolute Gasteiger partial charge is 0.508 e. The van der Waals surface area contributed by atoms with Crippen LogP contribution >= 0.6 is 7.82 Å². The molecule has 3 aromatic carbocycles. The Hall–Kier alpha value is -5.70. The van der Waals surface area contributed by atoms with Gasteiger partial charge in [-0.05, 0) is 74.4 Å². The van der Waals surface area contributed by atoms with Gasteiger partial charge in [0.1, 0.15) is 54.7 Å². The number of carbonyl (C=O) groups is 1. The number of piperazine rings is 1. The maximum atomic E-state index is 15.0. The highest BCUT2D eigenvalue weighted by atomic mass is 31.2. The first-order valence-corrected chi connectivity index (χ1v) is 22.4. The van der Waals surface area contributed by atoms with Crippen molar-refractivity contribution in [2.75, 3.05) is 75.6 Å². The summed E-state index contributed by atoms with van der Waals surface area (Å²) < 4.78 is 76.0. The number of aromatic nitrogens is 6. The zero-order chi connectivity index (χ0) is 45.3. The molecule has 0 spiro atoms. The van der Waals surface area contributed by atoms with E-state index in [9.17, 15) is 18.5 Å². The summed E-state index contributed by atoms with van der Waals surface area (Å²) in [7, 11) is -4.58. The number of nitrogens with zero attached hydrogens (tertiary/aromatic N) is 8. The topological polar surface area (TPSA) is 207 Å². The Morgan fingerprint density at radius 2 is 1.59 bits per heavy atom. The van der Waals surface area contributed by atoms with Gasteiger partial charge in [0.2, 0.25) is 0 Å². The fourth-order valence-corrected chi connectivity index (χ4v) is 8.30. The smallest absolute Gasteiger partial charge is 0.493 e. The van der Waals surface area contributed by atoms with Gasteiger partial charge in [-0.2, -0.15) is 10.2 Å². The second kappa shape index (κ2) is 20.9. The van der Waals surface area contributed by atoms with Gasteiger partial charge in [0.25, 0.3) is 0 Å². The number of ether oxygens (including phenoxy) is 5. The summed E-state index contributed by atoms with van der Waals surface area (Å²) in [6.07, 6.45) is 3.54. The number of phosphoric ester groups is 1. The lowest BCUT2D eigenvalue weighted by molar-refractivity contribution is -0.0206. The second-order valence-corrected chi connectivity index (χ2v) is 16.7. The lowest BCUT2D eigenvalue weighted by Gasteiger charge is -2.37. The molecule has 0 unspecified atom stereocenters. The van der Waals surface area contributed by atoms with Gasteiger partial charge in [0.05, 0.1) is 51.3 Å². The molecule has 4 atom stereocenters. The van der Waals surface area contributed by atoms with Gasteiger partial charge in [-0.25, -0.2) is 41.8 Å². The molecule has 7 rings (SSSR count). The van der Waals surface area contributed by atoms with E-state index in [1.165, 1.54) is 34.0 Å². The van der Waals surface area contributed by atoms with Crippen LogP contribution in [0.4, 0.5) is 25.0 Å². The highest BCUT2D eigenvalue weighted by molar-refractivity contribution is 7.46. The van der Waals surface area contributed by atoms with Crippen LogP contribution in [-0.4, -0.2) is 117 Å². The number of hydrogen-bond acceptors (Lipinski definition) is 14. The predicted molar refractivity (Wildman–Crippen MR) is 226 cm³/mol. The van der Waals surface area contributed by atoms with Gasteiger partial charge < -0.3 is 43.3 Å². The van der Waals surface area contributed by atoms with Crippen molar-refractivity contribution in [1.82, 2.24) is 29.1 Å². The molecule has 22 heteroatoms. The van der Waals surface area contributed by atoms with Crippen molar-refractivity contribution < 1.29 is 56.1 Å². The third kappa shape index (κ3) is 11.7. The number of phosphoric acid groups is 1. The third-order valence-corrected chi connectivity index (χ3v) is 11.7. The van der Waals surface area contributed by atoms with Crippen LogP contribution in [0.15, 0.2) is 90.5 Å². The lowest BCUT2D eigenvalue weighted by atomic mass is 9.87. The molecule has 0 aliphatic carbocycles. The van der Waals surface area contributed by atoms with Gasteiger partial charge in [-0.15, -0.1) is 0 Å². The molecule has 4 heterocycles. The van der Waals surface area contributed by atoms with E-state index in [4.69, 9.17) is 33.5 Å². The maximum Gasteiger partial charge on any atom is 0.508 e.